The highest BCUT2D eigenvalue weighted by Crippen LogP contribution is 2.31. The maximum Gasteiger partial charge on any atom is 0.232 e. The largest absolute Gasteiger partial charge is 0.486 e. The van der Waals surface area contributed by atoms with E-state index >= 15 is 0 Å². The molecule has 1 amide bonds. The number of rotatable bonds is 6. The van der Waals surface area contributed by atoms with E-state index < -0.39 is 0 Å². The zero-order valence-corrected chi connectivity index (χ0v) is 15.3. The first kappa shape index (κ1) is 18.0. The second kappa shape index (κ2) is 7.95. The van der Waals surface area contributed by atoms with Gasteiger partial charge in [-0.15, -0.1) is 11.8 Å². The van der Waals surface area contributed by atoms with Gasteiger partial charge in [-0.2, -0.15) is 0 Å². The SMILES string of the molecule is CCCN(CC1COc2ccccc2O1)C(=O)CSC(C)(C)C. The summed E-state index contributed by atoms with van der Waals surface area (Å²) in [6.45, 7) is 10.3. The molecule has 1 aromatic rings. The number of nitrogens with zero attached hydrogens (tertiary/aromatic N) is 1. The fourth-order valence-electron chi connectivity index (χ4n) is 2.36. The Bertz CT molecular complexity index is 527. The first-order valence-corrected chi connectivity index (χ1v) is 9.18. The highest BCUT2D eigenvalue weighted by atomic mass is 32.2. The van der Waals surface area contributed by atoms with Gasteiger partial charge in [-0.05, 0) is 18.6 Å². The fraction of sp³-hybridized carbons (Fsp3) is 0.611. The molecule has 0 aliphatic carbocycles. The standard InChI is InChI=1S/C18H27NO3S/c1-5-10-19(17(20)13-23-18(2,3)4)11-14-12-21-15-8-6-7-9-16(15)22-14/h6-9,14H,5,10-13H2,1-4H3. The van der Waals surface area contributed by atoms with E-state index in [1.807, 2.05) is 29.2 Å². The highest BCUT2D eigenvalue weighted by molar-refractivity contribution is 8.01. The summed E-state index contributed by atoms with van der Waals surface area (Å²) >= 11 is 1.68. The van der Waals surface area contributed by atoms with Crippen molar-refractivity contribution in [3.8, 4) is 11.5 Å². The molecule has 0 aromatic heterocycles. The lowest BCUT2D eigenvalue weighted by Gasteiger charge is -2.31. The Labute approximate surface area is 143 Å². The average molecular weight is 337 g/mol. The monoisotopic (exact) mass is 337 g/mol. The van der Waals surface area contributed by atoms with Gasteiger partial charge in [-0.25, -0.2) is 0 Å². The molecule has 0 saturated heterocycles. The van der Waals surface area contributed by atoms with Crippen LogP contribution >= 0.6 is 11.8 Å². The van der Waals surface area contributed by atoms with Crippen molar-refractivity contribution < 1.29 is 14.3 Å². The maximum atomic E-state index is 12.5. The maximum absolute atomic E-state index is 12.5. The lowest BCUT2D eigenvalue weighted by atomic mass is 10.2. The summed E-state index contributed by atoms with van der Waals surface area (Å²) in [6.07, 6.45) is 0.829. The topological polar surface area (TPSA) is 38.8 Å². The van der Waals surface area contributed by atoms with Crippen molar-refractivity contribution in [2.45, 2.75) is 45.0 Å². The van der Waals surface area contributed by atoms with Gasteiger partial charge in [0, 0.05) is 11.3 Å². The molecule has 0 saturated carbocycles. The predicted octanol–water partition coefficient (Wildman–Crippen LogP) is 3.60. The highest BCUT2D eigenvalue weighted by Gasteiger charge is 2.25. The Balaban J connectivity index is 1.93. The van der Waals surface area contributed by atoms with Gasteiger partial charge >= 0.3 is 0 Å². The Kier molecular flexibility index (Phi) is 6.22. The molecular formula is C18H27NO3S. The Morgan fingerprint density at radius 1 is 1.30 bits per heavy atom. The molecule has 1 aliphatic heterocycles. The van der Waals surface area contributed by atoms with Crippen LogP contribution in [-0.4, -0.2) is 47.1 Å². The van der Waals surface area contributed by atoms with Crippen LogP contribution in [0.1, 0.15) is 34.1 Å². The number of hydrogen-bond donors (Lipinski definition) is 0. The van der Waals surface area contributed by atoms with Crippen molar-refractivity contribution in [1.82, 2.24) is 4.90 Å². The number of ether oxygens (including phenoxy) is 2. The number of amides is 1. The molecule has 0 radical (unpaired) electrons. The van der Waals surface area contributed by atoms with Crippen molar-refractivity contribution in [1.29, 1.82) is 0 Å². The summed E-state index contributed by atoms with van der Waals surface area (Å²) in [5.41, 5.74) is 0. The van der Waals surface area contributed by atoms with Crippen LogP contribution in [0.2, 0.25) is 0 Å². The minimum Gasteiger partial charge on any atom is -0.486 e. The van der Waals surface area contributed by atoms with E-state index in [0.29, 0.717) is 18.9 Å². The van der Waals surface area contributed by atoms with Crippen LogP contribution in [0.15, 0.2) is 24.3 Å². The molecule has 23 heavy (non-hydrogen) atoms. The van der Waals surface area contributed by atoms with Crippen LogP contribution in [0, 0.1) is 0 Å². The molecule has 2 rings (SSSR count). The van der Waals surface area contributed by atoms with E-state index in [4.69, 9.17) is 9.47 Å². The number of fused-ring (bicyclic) bond motifs is 1. The van der Waals surface area contributed by atoms with Crippen molar-refractivity contribution in [3.63, 3.8) is 0 Å². The number of para-hydroxylation sites is 2. The lowest BCUT2D eigenvalue weighted by Crippen LogP contribution is -2.44. The fourth-order valence-corrected chi connectivity index (χ4v) is 3.10. The van der Waals surface area contributed by atoms with Crippen molar-refractivity contribution in [2.75, 3.05) is 25.4 Å². The molecule has 1 aliphatic rings. The predicted molar refractivity (Wildman–Crippen MR) is 95.4 cm³/mol. The van der Waals surface area contributed by atoms with Crippen molar-refractivity contribution in [2.24, 2.45) is 0 Å². The molecular weight excluding hydrogens is 310 g/mol. The van der Waals surface area contributed by atoms with Crippen LogP contribution < -0.4 is 9.47 Å². The van der Waals surface area contributed by atoms with Gasteiger partial charge in [0.05, 0.1) is 12.3 Å². The molecule has 4 nitrogen and oxygen atoms in total. The van der Waals surface area contributed by atoms with E-state index in [0.717, 1.165) is 24.5 Å². The summed E-state index contributed by atoms with van der Waals surface area (Å²) in [7, 11) is 0. The van der Waals surface area contributed by atoms with E-state index in [1.54, 1.807) is 11.8 Å². The summed E-state index contributed by atoms with van der Waals surface area (Å²) < 4.78 is 11.8. The molecule has 0 spiro atoms. The second-order valence-corrected chi connectivity index (χ2v) is 8.54. The Morgan fingerprint density at radius 3 is 2.65 bits per heavy atom. The molecule has 5 heteroatoms. The van der Waals surface area contributed by atoms with Crippen molar-refractivity contribution >= 4 is 17.7 Å². The van der Waals surface area contributed by atoms with E-state index in [2.05, 4.69) is 27.7 Å². The van der Waals surface area contributed by atoms with Gasteiger partial charge in [-0.3, -0.25) is 4.79 Å². The minimum atomic E-state index is -0.111. The normalized spacial score (nSPS) is 17.0. The first-order valence-electron chi connectivity index (χ1n) is 8.19. The molecule has 0 fully saturated rings. The van der Waals surface area contributed by atoms with Crippen LogP contribution in [0.4, 0.5) is 0 Å². The molecule has 0 N–H and O–H groups in total. The van der Waals surface area contributed by atoms with Crippen LogP contribution in [-0.2, 0) is 4.79 Å². The number of carbonyl (C=O) groups excluding carboxylic acids is 1. The van der Waals surface area contributed by atoms with Crippen LogP contribution in [0.25, 0.3) is 0 Å². The third-order valence-corrected chi connectivity index (χ3v) is 4.72. The third-order valence-electron chi connectivity index (χ3n) is 3.47. The number of thioether (sulfide) groups is 1. The summed E-state index contributed by atoms with van der Waals surface area (Å²) in [5, 5.41) is 0. The average Bonchev–Trinajstić information content (AvgIpc) is 2.51. The Hall–Kier alpha value is -1.36. The third kappa shape index (κ3) is 5.65. The molecule has 1 aromatic carbocycles. The van der Waals surface area contributed by atoms with Crippen LogP contribution in [0.5, 0.6) is 11.5 Å². The van der Waals surface area contributed by atoms with E-state index in [1.165, 1.54) is 0 Å². The van der Waals surface area contributed by atoms with E-state index in [9.17, 15) is 4.79 Å². The molecule has 1 atom stereocenters. The van der Waals surface area contributed by atoms with Gasteiger partial charge in [0.25, 0.3) is 0 Å². The number of hydrogen-bond acceptors (Lipinski definition) is 4. The van der Waals surface area contributed by atoms with Gasteiger partial charge in [0.1, 0.15) is 6.61 Å². The quantitative estimate of drug-likeness (QED) is 0.795. The van der Waals surface area contributed by atoms with E-state index in [-0.39, 0.29) is 16.8 Å². The number of benzene rings is 1. The van der Waals surface area contributed by atoms with Gasteiger partial charge in [-0.1, -0.05) is 39.8 Å². The smallest absolute Gasteiger partial charge is 0.232 e. The molecule has 1 heterocycles. The zero-order chi connectivity index (χ0) is 16.9. The minimum absolute atomic E-state index is 0.0942. The first-order chi connectivity index (χ1) is 10.9. The Morgan fingerprint density at radius 2 is 2.00 bits per heavy atom. The second-order valence-electron chi connectivity index (χ2n) is 6.74. The molecule has 0 bridgehead atoms. The van der Waals surface area contributed by atoms with Crippen molar-refractivity contribution in [3.05, 3.63) is 24.3 Å². The summed E-state index contributed by atoms with van der Waals surface area (Å²) in [6, 6.07) is 7.67. The lowest BCUT2D eigenvalue weighted by molar-refractivity contribution is -0.130. The van der Waals surface area contributed by atoms with Crippen LogP contribution in [0.3, 0.4) is 0 Å². The van der Waals surface area contributed by atoms with Gasteiger partial charge in [0.15, 0.2) is 17.6 Å². The summed E-state index contributed by atoms with van der Waals surface area (Å²) in [5.74, 6) is 2.22. The molecule has 128 valence electrons. The number of carbonyl (C=O) groups is 1. The molecule has 1 unspecified atom stereocenters. The van der Waals surface area contributed by atoms with Gasteiger partial charge in [0.2, 0.25) is 5.91 Å². The summed E-state index contributed by atoms with van der Waals surface area (Å²) in [4.78, 5) is 14.4. The zero-order valence-electron chi connectivity index (χ0n) is 14.5. The van der Waals surface area contributed by atoms with Gasteiger partial charge < -0.3 is 14.4 Å².